The second-order valence-electron chi connectivity index (χ2n) is 2.41. The molecule has 0 radical (unpaired) electrons. The minimum atomic E-state index is -0.0953. The predicted octanol–water partition coefficient (Wildman–Crippen LogP) is 2.54. The summed E-state index contributed by atoms with van der Waals surface area (Å²) in [5.41, 5.74) is 0. The summed E-state index contributed by atoms with van der Waals surface area (Å²) in [7, 11) is 0. The van der Waals surface area contributed by atoms with Crippen LogP contribution in [0.5, 0.6) is 0 Å². The molecular formula is C8H15IO2. The number of rotatable bonds is 6. The Kier molecular flexibility index (Phi) is 8.45. The maximum Gasteiger partial charge on any atom is 0.315 e. The number of unbranched alkanes of at least 4 members (excludes halogenated alkanes) is 3. The molecule has 2 nitrogen and oxygen atoms in total. The fourth-order valence-corrected chi connectivity index (χ4v) is 0.974. The van der Waals surface area contributed by atoms with Crippen molar-refractivity contribution in [3.8, 4) is 0 Å². The summed E-state index contributed by atoms with van der Waals surface area (Å²) in [6.45, 7) is 2.76. The maximum atomic E-state index is 10.6. The summed E-state index contributed by atoms with van der Waals surface area (Å²) >= 11 is 2.01. The normalized spacial score (nSPS) is 9.64. The van der Waals surface area contributed by atoms with E-state index in [-0.39, 0.29) is 5.97 Å². The zero-order chi connectivity index (χ0) is 8.53. The number of halogens is 1. The molecule has 0 aromatic carbocycles. The first-order valence-corrected chi connectivity index (χ1v) is 5.55. The molecule has 0 rings (SSSR count). The highest BCUT2D eigenvalue weighted by Gasteiger charge is 1.97. The molecule has 0 spiro atoms. The van der Waals surface area contributed by atoms with E-state index in [0.29, 0.717) is 11.0 Å². The van der Waals surface area contributed by atoms with Crippen molar-refractivity contribution in [1.29, 1.82) is 0 Å². The van der Waals surface area contributed by atoms with E-state index in [1.54, 1.807) is 0 Å². The van der Waals surface area contributed by atoms with Crippen LogP contribution in [-0.4, -0.2) is 17.0 Å². The van der Waals surface area contributed by atoms with Gasteiger partial charge in [0, 0.05) is 0 Å². The van der Waals surface area contributed by atoms with Gasteiger partial charge in [0.25, 0.3) is 0 Å². The molecule has 0 unspecified atom stereocenters. The van der Waals surface area contributed by atoms with Crippen LogP contribution in [0.2, 0.25) is 0 Å². The van der Waals surface area contributed by atoms with E-state index < -0.39 is 0 Å². The predicted molar refractivity (Wildman–Crippen MR) is 54.0 cm³/mol. The van der Waals surface area contributed by atoms with Crippen molar-refractivity contribution in [2.75, 3.05) is 11.0 Å². The van der Waals surface area contributed by atoms with Gasteiger partial charge >= 0.3 is 5.97 Å². The Morgan fingerprint density at radius 3 is 2.64 bits per heavy atom. The van der Waals surface area contributed by atoms with Crippen LogP contribution in [0, 0.1) is 0 Å². The van der Waals surface area contributed by atoms with Gasteiger partial charge in [-0.2, -0.15) is 0 Å². The van der Waals surface area contributed by atoms with Gasteiger partial charge in [0.1, 0.15) is 0 Å². The van der Waals surface area contributed by atoms with E-state index in [9.17, 15) is 4.79 Å². The minimum absolute atomic E-state index is 0.0953. The smallest absolute Gasteiger partial charge is 0.315 e. The van der Waals surface area contributed by atoms with Crippen molar-refractivity contribution in [1.82, 2.24) is 0 Å². The Labute approximate surface area is 81.8 Å². The number of ether oxygens (including phenoxy) is 1. The minimum Gasteiger partial charge on any atom is -0.465 e. The quantitative estimate of drug-likeness (QED) is 0.321. The van der Waals surface area contributed by atoms with Crippen LogP contribution < -0.4 is 0 Å². The lowest BCUT2D eigenvalue weighted by atomic mass is 10.2. The number of alkyl halides is 1. The Morgan fingerprint density at radius 2 is 2.09 bits per heavy atom. The summed E-state index contributed by atoms with van der Waals surface area (Å²) < 4.78 is 5.36. The van der Waals surface area contributed by atoms with Crippen molar-refractivity contribution in [2.45, 2.75) is 32.6 Å². The molecule has 0 N–H and O–H groups in total. The molecule has 0 bridgehead atoms. The van der Waals surface area contributed by atoms with Crippen molar-refractivity contribution < 1.29 is 9.53 Å². The van der Waals surface area contributed by atoms with E-state index in [4.69, 9.17) is 4.74 Å². The van der Waals surface area contributed by atoms with E-state index in [0.717, 1.165) is 6.42 Å². The van der Waals surface area contributed by atoms with Gasteiger partial charge in [-0.25, -0.2) is 0 Å². The van der Waals surface area contributed by atoms with Crippen LogP contribution >= 0.6 is 22.6 Å². The number of carbonyl (C=O) groups excluding carboxylic acids is 1. The molecule has 0 fully saturated rings. The van der Waals surface area contributed by atoms with Gasteiger partial charge in [0.05, 0.1) is 11.0 Å². The first kappa shape index (κ1) is 11.2. The zero-order valence-electron chi connectivity index (χ0n) is 6.94. The molecule has 0 aliphatic heterocycles. The average molecular weight is 270 g/mol. The molecule has 0 aromatic heterocycles. The van der Waals surface area contributed by atoms with E-state index in [1.165, 1.54) is 19.3 Å². The Morgan fingerprint density at radius 1 is 1.36 bits per heavy atom. The van der Waals surface area contributed by atoms with Gasteiger partial charge in [-0.3, -0.25) is 4.79 Å². The number of esters is 1. The second kappa shape index (κ2) is 8.30. The topological polar surface area (TPSA) is 26.3 Å². The van der Waals surface area contributed by atoms with Crippen molar-refractivity contribution in [3.05, 3.63) is 0 Å². The Hall–Kier alpha value is 0.200. The Bertz CT molecular complexity index is 104. The summed E-state index contributed by atoms with van der Waals surface area (Å²) in [6.07, 6.45) is 4.64. The van der Waals surface area contributed by atoms with Crippen LogP contribution in [0.3, 0.4) is 0 Å². The first-order chi connectivity index (χ1) is 5.31. The van der Waals surface area contributed by atoms with Gasteiger partial charge in [-0.1, -0.05) is 48.8 Å². The van der Waals surface area contributed by atoms with Gasteiger partial charge in [-0.05, 0) is 6.42 Å². The fraction of sp³-hybridized carbons (Fsp3) is 0.875. The fourth-order valence-electron chi connectivity index (χ4n) is 0.753. The lowest BCUT2D eigenvalue weighted by molar-refractivity contribution is -0.140. The first-order valence-electron chi connectivity index (χ1n) is 4.02. The van der Waals surface area contributed by atoms with Crippen LogP contribution in [-0.2, 0) is 9.53 Å². The average Bonchev–Trinajstić information content (AvgIpc) is 2.04. The van der Waals surface area contributed by atoms with Crippen molar-refractivity contribution in [2.24, 2.45) is 0 Å². The van der Waals surface area contributed by atoms with E-state index in [1.807, 2.05) is 22.6 Å². The standard InChI is InChI=1S/C8H15IO2/c1-2-3-4-5-6-11-8(10)7-9/h2-7H2,1H3. The van der Waals surface area contributed by atoms with E-state index in [2.05, 4.69) is 6.92 Å². The number of hydrogen-bond acceptors (Lipinski definition) is 2. The summed E-state index contributed by atoms with van der Waals surface area (Å²) in [4.78, 5) is 10.6. The summed E-state index contributed by atoms with van der Waals surface area (Å²) in [5, 5.41) is 0. The van der Waals surface area contributed by atoms with Crippen LogP contribution in [0.4, 0.5) is 0 Å². The molecule has 0 heterocycles. The lowest BCUT2D eigenvalue weighted by Gasteiger charge is -2.00. The van der Waals surface area contributed by atoms with Crippen LogP contribution in [0.25, 0.3) is 0 Å². The molecule has 0 aliphatic carbocycles. The number of carbonyl (C=O) groups is 1. The van der Waals surface area contributed by atoms with E-state index >= 15 is 0 Å². The van der Waals surface area contributed by atoms with Crippen molar-refractivity contribution in [3.63, 3.8) is 0 Å². The van der Waals surface area contributed by atoms with Crippen LogP contribution in [0.15, 0.2) is 0 Å². The molecule has 3 heteroatoms. The third-order valence-corrected chi connectivity index (χ3v) is 1.99. The molecular weight excluding hydrogens is 255 g/mol. The molecule has 0 saturated heterocycles. The highest BCUT2D eigenvalue weighted by atomic mass is 127. The molecule has 66 valence electrons. The number of hydrogen-bond donors (Lipinski definition) is 0. The Balaban J connectivity index is 2.95. The molecule has 0 aliphatic rings. The molecule has 0 saturated carbocycles. The second-order valence-corrected chi connectivity index (χ2v) is 3.18. The van der Waals surface area contributed by atoms with Gasteiger partial charge in [-0.15, -0.1) is 0 Å². The van der Waals surface area contributed by atoms with Gasteiger partial charge in [0.2, 0.25) is 0 Å². The molecule has 11 heavy (non-hydrogen) atoms. The van der Waals surface area contributed by atoms with Crippen molar-refractivity contribution >= 4 is 28.6 Å². The zero-order valence-corrected chi connectivity index (χ0v) is 9.09. The largest absolute Gasteiger partial charge is 0.465 e. The highest BCUT2D eigenvalue weighted by molar-refractivity contribution is 14.1. The highest BCUT2D eigenvalue weighted by Crippen LogP contribution is 1.99. The van der Waals surface area contributed by atoms with Gasteiger partial charge < -0.3 is 4.74 Å². The molecule has 0 atom stereocenters. The molecule has 0 amide bonds. The lowest BCUT2D eigenvalue weighted by Crippen LogP contribution is -2.06. The van der Waals surface area contributed by atoms with Gasteiger partial charge in [0.15, 0.2) is 0 Å². The summed E-state index contributed by atoms with van der Waals surface area (Å²) in [5.74, 6) is -0.0953. The third kappa shape index (κ3) is 8.10. The van der Waals surface area contributed by atoms with Crippen LogP contribution in [0.1, 0.15) is 32.6 Å². The summed E-state index contributed by atoms with van der Waals surface area (Å²) in [6, 6.07) is 0. The molecule has 0 aromatic rings. The SMILES string of the molecule is CCCCCCOC(=O)CI. The monoisotopic (exact) mass is 270 g/mol. The third-order valence-electron chi connectivity index (χ3n) is 1.37. The maximum absolute atomic E-state index is 10.6.